The zero-order valence-electron chi connectivity index (χ0n) is 7.43. The van der Waals surface area contributed by atoms with Gasteiger partial charge in [0.2, 0.25) is 0 Å². The van der Waals surface area contributed by atoms with Crippen LogP contribution in [0.2, 0.25) is 0 Å². The Hall–Kier alpha value is -0.520. The van der Waals surface area contributed by atoms with Gasteiger partial charge in [0.1, 0.15) is 0 Å². The second-order valence-corrected chi connectivity index (χ2v) is 3.93. The topological polar surface area (TPSA) is 0 Å². The third kappa shape index (κ3) is 1.05. The van der Waals surface area contributed by atoms with E-state index in [9.17, 15) is 0 Å². The SMILES string of the molecule is C[C@H]1CCC2=CCC=C2[C@@H]1C. The van der Waals surface area contributed by atoms with E-state index in [1.807, 2.05) is 0 Å². The van der Waals surface area contributed by atoms with Crippen LogP contribution < -0.4 is 0 Å². The fraction of sp³-hybridized carbons (Fsp3) is 0.636. The quantitative estimate of drug-likeness (QED) is 0.494. The molecule has 0 aromatic rings. The van der Waals surface area contributed by atoms with Crippen LogP contribution in [-0.2, 0) is 0 Å². The Bertz CT molecular complexity index is 220. The molecule has 11 heavy (non-hydrogen) atoms. The van der Waals surface area contributed by atoms with Crippen LogP contribution in [0.25, 0.3) is 0 Å². The summed E-state index contributed by atoms with van der Waals surface area (Å²) >= 11 is 0. The van der Waals surface area contributed by atoms with E-state index in [0.717, 1.165) is 11.8 Å². The molecule has 0 heterocycles. The van der Waals surface area contributed by atoms with Crippen molar-refractivity contribution in [2.45, 2.75) is 33.1 Å². The molecule has 2 atom stereocenters. The van der Waals surface area contributed by atoms with Crippen molar-refractivity contribution in [3.05, 3.63) is 23.3 Å². The minimum Gasteiger partial charge on any atom is -0.0772 e. The minimum atomic E-state index is 0.817. The Morgan fingerprint density at radius 1 is 1.27 bits per heavy atom. The zero-order valence-corrected chi connectivity index (χ0v) is 7.43. The molecule has 0 nitrogen and oxygen atoms in total. The lowest BCUT2D eigenvalue weighted by molar-refractivity contribution is 0.386. The third-order valence-corrected chi connectivity index (χ3v) is 3.29. The van der Waals surface area contributed by atoms with Gasteiger partial charge in [0, 0.05) is 0 Å². The predicted octanol–water partition coefficient (Wildman–Crippen LogP) is 3.31. The lowest BCUT2D eigenvalue weighted by Gasteiger charge is -2.29. The average molecular weight is 148 g/mol. The molecule has 0 amide bonds. The van der Waals surface area contributed by atoms with E-state index < -0.39 is 0 Å². The molecular weight excluding hydrogens is 132 g/mol. The second-order valence-electron chi connectivity index (χ2n) is 3.93. The monoisotopic (exact) mass is 148 g/mol. The first-order valence-corrected chi connectivity index (χ1v) is 4.68. The van der Waals surface area contributed by atoms with E-state index >= 15 is 0 Å². The standard InChI is InChI=1S/C11H16/c1-8-6-7-10-4-3-5-11(10)9(8)2/h4-5,8-9H,3,6-7H2,1-2H3/t8-,9+/m0/s1. The van der Waals surface area contributed by atoms with Gasteiger partial charge in [0.05, 0.1) is 0 Å². The Balaban J connectivity index is 2.25. The highest BCUT2D eigenvalue weighted by molar-refractivity contribution is 5.40. The van der Waals surface area contributed by atoms with Crippen LogP contribution >= 0.6 is 0 Å². The Morgan fingerprint density at radius 2 is 2.09 bits per heavy atom. The number of hydrogen-bond acceptors (Lipinski definition) is 0. The van der Waals surface area contributed by atoms with Gasteiger partial charge < -0.3 is 0 Å². The molecule has 0 aromatic carbocycles. The number of fused-ring (bicyclic) bond motifs is 1. The summed E-state index contributed by atoms with van der Waals surface area (Å²) in [4.78, 5) is 0. The fourth-order valence-corrected chi connectivity index (χ4v) is 2.24. The molecule has 60 valence electrons. The molecule has 0 spiro atoms. The van der Waals surface area contributed by atoms with Gasteiger partial charge in [-0.05, 0) is 42.2 Å². The molecule has 0 bridgehead atoms. The van der Waals surface area contributed by atoms with Gasteiger partial charge in [-0.2, -0.15) is 0 Å². The van der Waals surface area contributed by atoms with Gasteiger partial charge in [0.25, 0.3) is 0 Å². The number of hydrogen-bond donors (Lipinski definition) is 0. The first-order valence-electron chi connectivity index (χ1n) is 4.68. The zero-order chi connectivity index (χ0) is 7.84. The Labute approximate surface area is 69.0 Å². The van der Waals surface area contributed by atoms with E-state index in [-0.39, 0.29) is 0 Å². The maximum absolute atomic E-state index is 2.41. The normalized spacial score (nSPS) is 36.2. The molecule has 0 saturated heterocycles. The van der Waals surface area contributed by atoms with E-state index in [1.54, 1.807) is 11.1 Å². The van der Waals surface area contributed by atoms with Crippen LogP contribution in [0.4, 0.5) is 0 Å². The molecule has 2 aliphatic carbocycles. The highest BCUT2D eigenvalue weighted by atomic mass is 14.3. The highest BCUT2D eigenvalue weighted by Gasteiger charge is 2.26. The molecule has 1 fully saturated rings. The molecule has 0 radical (unpaired) electrons. The lowest BCUT2D eigenvalue weighted by Crippen LogP contribution is -2.16. The van der Waals surface area contributed by atoms with Gasteiger partial charge in [-0.25, -0.2) is 0 Å². The first-order chi connectivity index (χ1) is 5.29. The first kappa shape index (κ1) is 7.15. The van der Waals surface area contributed by atoms with Crippen molar-refractivity contribution in [3.8, 4) is 0 Å². The number of rotatable bonds is 0. The fourth-order valence-electron chi connectivity index (χ4n) is 2.24. The number of allylic oxidation sites excluding steroid dienone is 4. The van der Waals surface area contributed by atoms with Crippen LogP contribution in [0.3, 0.4) is 0 Å². The summed E-state index contributed by atoms with van der Waals surface area (Å²) in [6.07, 6.45) is 8.73. The molecule has 2 aliphatic rings. The van der Waals surface area contributed by atoms with Crippen molar-refractivity contribution in [2.75, 3.05) is 0 Å². The molecule has 0 unspecified atom stereocenters. The predicted molar refractivity (Wildman–Crippen MR) is 48.3 cm³/mol. The van der Waals surface area contributed by atoms with Crippen molar-refractivity contribution in [1.29, 1.82) is 0 Å². The van der Waals surface area contributed by atoms with Gasteiger partial charge >= 0.3 is 0 Å². The smallest absolute Gasteiger partial charge is 0.0157 e. The largest absolute Gasteiger partial charge is 0.0772 e. The van der Waals surface area contributed by atoms with E-state index in [0.29, 0.717) is 0 Å². The van der Waals surface area contributed by atoms with Gasteiger partial charge in [0.15, 0.2) is 0 Å². The van der Waals surface area contributed by atoms with Crippen molar-refractivity contribution in [2.24, 2.45) is 11.8 Å². The van der Waals surface area contributed by atoms with E-state index in [2.05, 4.69) is 26.0 Å². The maximum Gasteiger partial charge on any atom is -0.0157 e. The van der Waals surface area contributed by atoms with Gasteiger partial charge in [-0.3, -0.25) is 0 Å². The third-order valence-electron chi connectivity index (χ3n) is 3.29. The van der Waals surface area contributed by atoms with E-state index in [4.69, 9.17) is 0 Å². The summed E-state index contributed by atoms with van der Waals surface area (Å²) in [5, 5.41) is 0. The van der Waals surface area contributed by atoms with Gasteiger partial charge in [-0.15, -0.1) is 0 Å². The molecule has 0 aliphatic heterocycles. The molecule has 1 saturated carbocycles. The van der Waals surface area contributed by atoms with Crippen LogP contribution in [0, 0.1) is 11.8 Å². The summed E-state index contributed by atoms with van der Waals surface area (Å²) in [6, 6.07) is 0. The lowest BCUT2D eigenvalue weighted by atomic mass is 9.76. The second kappa shape index (κ2) is 2.51. The maximum atomic E-state index is 2.41. The van der Waals surface area contributed by atoms with Crippen LogP contribution in [0.15, 0.2) is 23.3 Å². The van der Waals surface area contributed by atoms with Crippen molar-refractivity contribution >= 4 is 0 Å². The van der Waals surface area contributed by atoms with Crippen molar-refractivity contribution in [3.63, 3.8) is 0 Å². The molecule has 0 heteroatoms. The molecule has 0 aromatic heterocycles. The molecule has 0 N–H and O–H groups in total. The Kier molecular flexibility index (Phi) is 1.63. The summed E-state index contributed by atoms with van der Waals surface area (Å²) in [6.45, 7) is 4.75. The summed E-state index contributed by atoms with van der Waals surface area (Å²) < 4.78 is 0. The van der Waals surface area contributed by atoms with Gasteiger partial charge in [-0.1, -0.05) is 26.0 Å². The van der Waals surface area contributed by atoms with Crippen molar-refractivity contribution < 1.29 is 0 Å². The summed E-state index contributed by atoms with van der Waals surface area (Å²) in [7, 11) is 0. The van der Waals surface area contributed by atoms with Crippen LogP contribution in [0.5, 0.6) is 0 Å². The molecule has 2 rings (SSSR count). The minimum absolute atomic E-state index is 0.817. The summed E-state index contributed by atoms with van der Waals surface area (Å²) in [5.74, 6) is 1.72. The molecular formula is C11H16. The van der Waals surface area contributed by atoms with Crippen molar-refractivity contribution in [1.82, 2.24) is 0 Å². The van der Waals surface area contributed by atoms with Crippen LogP contribution in [0.1, 0.15) is 33.1 Å². The van der Waals surface area contributed by atoms with Crippen LogP contribution in [-0.4, -0.2) is 0 Å². The summed E-state index contributed by atoms with van der Waals surface area (Å²) in [5.41, 5.74) is 3.30. The van der Waals surface area contributed by atoms with E-state index in [1.165, 1.54) is 19.3 Å². The Morgan fingerprint density at radius 3 is 2.91 bits per heavy atom. The highest BCUT2D eigenvalue weighted by Crippen LogP contribution is 2.40. The average Bonchev–Trinajstić information content (AvgIpc) is 2.45.